The molecule has 0 atom stereocenters. The average Bonchev–Trinajstić information content (AvgIpc) is 2.55. The molecule has 0 saturated carbocycles. The number of benzene rings is 1. The molecule has 0 unspecified atom stereocenters. The van der Waals surface area contributed by atoms with Crippen molar-refractivity contribution in [3.8, 4) is 17.2 Å². The van der Waals surface area contributed by atoms with E-state index in [-0.39, 0.29) is 22.8 Å². The topological polar surface area (TPSA) is 91.3 Å². The van der Waals surface area contributed by atoms with Gasteiger partial charge in [0.15, 0.2) is 11.5 Å². The number of hydrogen-bond acceptors (Lipinski definition) is 7. The Morgan fingerprint density at radius 1 is 0.926 bits per heavy atom. The van der Waals surface area contributed by atoms with E-state index in [1.165, 1.54) is 18.2 Å². The number of hydrogen-bond donors (Lipinski definition) is 1. The second kappa shape index (κ2) is 10.4. The maximum Gasteiger partial charge on any atom is 0.345 e. The third-order valence-corrected chi connectivity index (χ3v) is 3.10. The van der Waals surface area contributed by atoms with E-state index in [1.54, 1.807) is 41.5 Å². The van der Waals surface area contributed by atoms with E-state index >= 15 is 0 Å². The standard InChI is InChI=1S/C20H28O7/c1-7-24-16-10-14(11-17(18(16)21)25-8-2)9-15(19(22)26-12(3)4)20(23)27-13(5)6/h9-13,21H,7-8H2,1-6H3. The van der Waals surface area contributed by atoms with E-state index in [9.17, 15) is 14.7 Å². The van der Waals surface area contributed by atoms with Crippen LogP contribution in [0.5, 0.6) is 17.2 Å². The summed E-state index contributed by atoms with van der Waals surface area (Å²) in [7, 11) is 0. The van der Waals surface area contributed by atoms with Crippen LogP contribution in [0.1, 0.15) is 47.1 Å². The van der Waals surface area contributed by atoms with E-state index in [4.69, 9.17) is 18.9 Å². The first kappa shape index (κ1) is 22.3. The van der Waals surface area contributed by atoms with Crippen molar-refractivity contribution in [2.24, 2.45) is 0 Å². The lowest BCUT2D eigenvalue weighted by atomic mass is 10.1. The average molecular weight is 380 g/mol. The summed E-state index contributed by atoms with van der Waals surface area (Å²) in [4.78, 5) is 24.7. The second-order valence-electron chi connectivity index (χ2n) is 6.20. The molecule has 7 nitrogen and oxygen atoms in total. The van der Waals surface area contributed by atoms with Crippen LogP contribution in [0, 0.1) is 0 Å². The van der Waals surface area contributed by atoms with Crippen molar-refractivity contribution < 1.29 is 33.6 Å². The van der Waals surface area contributed by atoms with Crippen molar-refractivity contribution in [1.82, 2.24) is 0 Å². The van der Waals surface area contributed by atoms with Gasteiger partial charge in [-0.3, -0.25) is 0 Å². The van der Waals surface area contributed by atoms with Crippen molar-refractivity contribution in [2.75, 3.05) is 13.2 Å². The van der Waals surface area contributed by atoms with Crippen molar-refractivity contribution in [2.45, 2.75) is 53.8 Å². The summed E-state index contributed by atoms with van der Waals surface area (Å²) in [5.74, 6) is -1.36. The van der Waals surface area contributed by atoms with E-state index in [1.807, 2.05) is 0 Å². The molecule has 0 aliphatic heterocycles. The quantitative estimate of drug-likeness (QED) is 0.303. The maximum absolute atomic E-state index is 12.4. The number of ether oxygens (including phenoxy) is 4. The summed E-state index contributed by atoms with van der Waals surface area (Å²) < 4.78 is 21.1. The molecule has 0 aliphatic carbocycles. The van der Waals surface area contributed by atoms with Gasteiger partial charge in [0.05, 0.1) is 25.4 Å². The first-order valence-corrected chi connectivity index (χ1v) is 8.95. The van der Waals surface area contributed by atoms with E-state index < -0.39 is 24.1 Å². The molecule has 0 fully saturated rings. The number of carbonyl (C=O) groups excluding carboxylic acids is 2. The molecule has 0 spiro atoms. The monoisotopic (exact) mass is 380 g/mol. The highest BCUT2D eigenvalue weighted by atomic mass is 16.6. The van der Waals surface area contributed by atoms with E-state index in [0.29, 0.717) is 18.8 Å². The maximum atomic E-state index is 12.4. The molecule has 27 heavy (non-hydrogen) atoms. The smallest absolute Gasteiger partial charge is 0.345 e. The highest BCUT2D eigenvalue weighted by Gasteiger charge is 2.24. The van der Waals surface area contributed by atoms with Gasteiger partial charge in [0.25, 0.3) is 0 Å². The van der Waals surface area contributed by atoms with Crippen LogP contribution in [0.4, 0.5) is 0 Å². The predicted octanol–water partition coefficient (Wildman–Crippen LogP) is 3.48. The Hall–Kier alpha value is -2.70. The Kier molecular flexibility index (Phi) is 8.65. The lowest BCUT2D eigenvalue weighted by molar-refractivity contribution is -0.150. The molecule has 0 saturated heterocycles. The molecule has 0 amide bonds. The number of aromatic hydroxyl groups is 1. The Balaban J connectivity index is 3.42. The van der Waals surface area contributed by atoms with Gasteiger partial charge in [-0.2, -0.15) is 0 Å². The van der Waals surface area contributed by atoms with Crippen LogP contribution in [0.2, 0.25) is 0 Å². The van der Waals surface area contributed by atoms with Gasteiger partial charge in [0, 0.05) is 0 Å². The first-order chi connectivity index (χ1) is 12.7. The zero-order valence-electron chi connectivity index (χ0n) is 16.7. The zero-order chi connectivity index (χ0) is 20.6. The van der Waals surface area contributed by atoms with Gasteiger partial charge in [-0.15, -0.1) is 0 Å². The van der Waals surface area contributed by atoms with Crippen LogP contribution in [0.15, 0.2) is 17.7 Å². The Bertz CT molecular complexity index is 639. The van der Waals surface area contributed by atoms with Gasteiger partial charge in [0.1, 0.15) is 5.57 Å². The number of phenols is 1. The predicted molar refractivity (Wildman–Crippen MR) is 101 cm³/mol. The summed E-state index contributed by atoms with van der Waals surface area (Å²) in [6, 6.07) is 3.01. The van der Waals surface area contributed by atoms with Crippen molar-refractivity contribution >= 4 is 18.0 Å². The van der Waals surface area contributed by atoms with Crippen molar-refractivity contribution in [3.05, 3.63) is 23.3 Å². The molecule has 1 N–H and O–H groups in total. The van der Waals surface area contributed by atoms with E-state index in [2.05, 4.69) is 0 Å². The lowest BCUT2D eigenvalue weighted by Gasteiger charge is -2.14. The Morgan fingerprint density at radius 3 is 1.67 bits per heavy atom. The van der Waals surface area contributed by atoms with Crippen molar-refractivity contribution in [3.63, 3.8) is 0 Å². The number of esters is 2. The molecule has 7 heteroatoms. The molecule has 150 valence electrons. The highest BCUT2D eigenvalue weighted by Crippen LogP contribution is 2.38. The lowest BCUT2D eigenvalue weighted by Crippen LogP contribution is -2.23. The van der Waals surface area contributed by atoms with Gasteiger partial charge in [-0.1, -0.05) is 0 Å². The molecule has 1 aromatic rings. The Morgan fingerprint density at radius 2 is 1.33 bits per heavy atom. The van der Waals surface area contributed by atoms with Crippen LogP contribution >= 0.6 is 0 Å². The summed E-state index contributed by atoms with van der Waals surface area (Å²) in [6.07, 6.45) is 0.538. The molecule has 0 radical (unpaired) electrons. The fourth-order valence-electron chi connectivity index (χ4n) is 2.14. The minimum atomic E-state index is -0.792. The first-order valence-electron chi connectivity index (χ1n) is 8.95. The zero-order valence-corrected chi connectivity index (χ0v) is 16.7. The van der Waals surface area contributed by atoms with Crippen LogP contribution < -0.4 is 9.47 Å². The molecule has 0 aromatic heterocycles. The fraction of sp³-hybridized carbons (Fsp3) is 0.500. The van der Waals surface area contributed by atoms with Crippen LogP contribution in [-0.4, -0.2) is 42.5 Å². The van der Waals surface area contributed by atoms with Crippen LogP contribution in [0.3, 0.4) is 0 Å². The number of phenolic OH excluding ortho intramolecular Hbond substituents is 1. The second-order valence-corrected chi connectivity index (χ2v) is 6.20. The van der Waals surface area contributed by atoms with Crippen LogP contribution in [-0.2, 0) is 19.1 Å². The molecule has 0 aliphatic rings. The molecular formula is C20H28O7. The van der Waals surface area contributed by atoms with Crippen LogP contribution in [0.25, 0.3) is 6.08 Å². The molecule has 0 heterocycles. The number of carbonyl (C=O) groups is 2. The molecule has 1 rings (SSSR count). The minimum absolute atomic E-state index is 0.146. The fourth-order valence-corrected chi connectivity index (χ4v) is 2.14. The summed E-state index contributed by atoms with van der Waals surface area (Å²) in [5, 5.41) is 10.2. The van der Waals surface area contributed by atoms with Crippen molar-refractivity contribution in [1.29, 1.82) is 0 Å². The molecule has 0 bridgehead atoms. The van der Waals surface area contributed by atoms with Gasteiger partial charge in [-0.25, -0.2) is 9.59 Å². The minimum Gasteiger partial charge on any atom is -0.502 e. The third-order valence-electron chi connectivity index (χ3n) is 3.10. The SMILES string of the molecule is CCOc1cc(C=C(C(=O)OC(C)C)C(=O)OC(C)C)cc(OCC)c1O. The number of rotatable bonds is 9. The van der Waals surface area contributed by atoms with E-state index in [0.717, 1.165) is 0 Å². The summed E-state index contributed by atoms with van der Waals surface area (Å²) in [6.45, 7) is 10.9. The molecular weight excluding hydrogens is 352 g/mol. The Labute approximate surface area is 159 Å². The van der Waals surface area contributed by atoms with Gasteiger partial charge >= 0.3 is 11.9 Å². The summed E-state index contributed by atoms with van der Waals surface area (Å²) >= 11 is 0. The highest BCUT2D eigenvalue weighted by molar-refractivity contribution is 6.17. The third kappa shape index (κ3) is 6.84. The van der Waals surface area contributed by atoms with Gasteiger partial charge < -0.3 is 24.1 Å². The summed E-state index contributed by atoms with van der Waals surface area (Å²) in [5.41, 5.74) is 0.170. The normalized spacial score (nSPS) is 10.5. The van der Waals surface area contributed by atoms with Gasteiger partial charge in [0.2, 0.25) is 5.75 Å². The largest absolute Gasteiger partial charge is 0.502 e. The van der Waals surface area contributed by atoms with Gasteiger partial charge in [-0.05, 0) is 65.3 Å². The molecule has 1 aromatic carbocycles.